The quantitative estimate of drug-likeness (QED) is 0.0179. The minimum absolute atomic E-state index is 0.00703. The lowest BCUT2D eigenvalue weighted by Gasteiger charge is -2.24. The third kappa shape index (κ3) is 31.2. The number of carbonyl (C=O) groups excluding carboxylic acids is 9. The van der Waals surface area contributed by atoms with E-state index in [-0.39, 0.29) is 50.9 Å². The van der Waals surface area contributed by atoms with Gasteiger partial charge in [0.25, 0.3) is 5.91 Å². The summed E-state index contributed by atoms with van der Waals surface area (Å²) in [5, 5.41) is 12.9. The first kappa shape index (κ1) is 59.6. The first-order chi connectivity index (χ1) is 30.9. The Morgan fingerprint density at radius 3 is 1.57 bits per heavy atom. The van der Waals surface area contributed by atoms with Crippen LogP contribution < -0.4 is 43.0 Å². The average molecular weight is 944 g/mol. The normalized spacial score (nSPS) is 12.4. The van der Waals surface area contributed by atoms with Gasteiger partial charge in [0.05, 0.1) is 54.7 Å². The molecule has 0 rings (SSSR count). The number of nitrogens with zero attached hydrogens (tertiary/aromatic N) is 1. The van der Waals surface area contributed by atoms with Crippen LogP contribution in [0.1, 0.15) is 72.1 Å². The number of amides is 9. The van der Waals surface area contributed by atoms with Crippen LogP contribution in [-0.4, -0.2) is 158 Å². The van der Waals surface area contributed by atoms with E-state index < -0.39 is 104 Å². The number of ether oxygens (including phenoxy) is 3. The zero-order chi connectivity index (χ0) is 49.0. The van der Waals surface area contributed by atoms with Gasteiger partial charge in [-0.05, 0) is 31.1 Å². The zero-order valence-corrected chi connectivity index (χ0v) is 38.0. The van der Waals surface area contributed by atoms with Crippen molar-refractivity contribution in [2.75, 3.05) is 81.6 Å². The lowest BCUT2D eigenvalue weighted by molar-refractivity contribution is -0.392. The second-order valence-corrected chi connectivity index (χ2v) is 14.4. The van der Waals surface area contributed by atoms with Gasteiger partial charge >= 0.3 is 6.09 Å². The molecule has 65 heavy (non-hydrogen) atoms. The Labute approximate surface area is 375 Å². The maximum Gasteiger partial charge on any atom is 0.436 e. The molecule has 0 aliphatic rings. The molecule has 0 aliphatic carbocycles. The number of hydrogen-bond acceptors (Lipinski definition) is 20. The van der Waals surface area contributed by atoms with E-state index in [1.807, 2.05) is 37.2 Å². The lowest BCUT2D eigenvalue weighted by Crippen LogP contribution is -2.54. The third-order valence-electron chi connectivity index (χ3n) is 8.00. The number of hydrogen-bond donors (Lipinski definition) is 8. The molecule has 0 fully saturated rings. The van der Waals surface area contributed by atoms with Crippen molar-refractivity contribution >= 4 is 53.4 Å². The molecule has 0 saturated carbocycles. The van der Waals surface area contributed by atoms with Crippen LogP contribution in [-0.2, 0) is 92.1 Å². The first-order valence-electron chi connectivity index (χ1n) is 20.0. The SMILES string of the molecule is COCCOCCNC(=O)C(CCC(=O)NOOC)NC(=O)C(CCC(=O)NC(CCC(=O)NOOC)C(=O)NOOC)NC(=O)CCOC(=O)N(CC(=O)NCCC(C)(C)C)OOC. The lowest BCUT2D eigenvalue weighted by atomic mass is 9.92. The standard InChI is InChI=1S/C36H65N9O20/c1-36(2,3)16-17-37-31(50)23-45(65-59-8)35(54)61-19-15-28(47)39-25(9-12-27(46)40-26(34(53)44-64-58-7)11-14-30(49)43-63-57-6)33(52)41-24(10-13-29(48)42-62-56-5)32(51)38-18-20-60-22-21-55-4/h24-26H,9-23H2,1-8H3,(H,37,50)(H,38,51)(H,39,47)(H,40,46)(H,41,52)(H,42,48)(H,43,49)(H,44,53). The molecular formula is C36H65N9O20. The van der Waals surface area contributed by atoms with Gasteiger partial charge in [-0.25, -0.2) is 40.8 Å². The molecule has 9 amide bonds. The molecule has 0 aromatic heterocycles. The molecule has 3 unspecified atom stereocenters. The fourth-order valence-electron chi connectivity index (χ4n) is 4.76. The van der Waals surface area contributed by atoms with E-state index in [1.165, 1.54) is 7.11 Å². The Bertz CT molecular complexity index is 1470. The van der Waals surface area contributed by atoms with Gasteiger partial charge in [-0.3, -0.25) is 38.4 Å². The van der Waals surface area contributed by atoms with E-state index in [2.05, 4.69) is 61.1 Å². The summed E-state index contributed by atoms with van der Waals surface area (Å²) in [6.45, 7) is 5.63. The Balaban J connectivity index is 6.16. The molecule has 0 aromatic carbocycles. The van der Waals surface area contributed by atoms with Gasteiger partial charge in [0.15, 0.2) is 0 Å². The highest BCUT2D eigenvalue weighted by molar-refractivity contribution is 5.93. The zero-order valence-electron chi connectivity index (χ0n) is 38.0. The number of nitrogens with one attached hydrogen (secondary N) is 8. The van der Waals surface area contributed by atoms with Gasteiger partial charge in [-0.15, -0.1) is 25.0 Å². The second-order valence-electron chi connectivity index (χ2n) is 14.4. The molecule has 29 heteroatoms. The Kier molecular flexibility index (Phi) is 33.0. The summed E-state index contributed by atoms with van der Waals surface area (Å²) in [7, 11) is 5.92. The van der Waals surface area contributed by atoms with Gasteiger partial charge < -0.3 is 40.8 Å². The fourth-order valence-corrected chi connectivity index (χ4v) is 4.76. The minimum atomic E-state index is -1.58. The first-order valence-corrected chi connectivity index (χ1v) is 20.0. The van der Waals surface area contributed by atoms with Crippen LogP contribution in [0.3, 0.4) is 0 Å². The third-order valence-corrected chi connectivity index (χ3v) is 8.00. The van der Waals surface area contributed by atoms with Crippen molar-refractivity contribution in [3.8, 4) is 0 Å². The summed E-state index contributed by atoms with van der Waals surface area (Å²) in [5.74, 6) is -6.48. The van der Waals surface area contributed by atoms with Crippen molar-refractivity contribution in [1.29, 1.82) is 0 Å². The van der Waals surface area contributed by atoms with E-state index in [1.54, 1.807) is 0 Å². The maximum atomic E-state index is 13.8. The Hall–Kier alpha value is -5.37. The highest BCUT2D eigenvalue weighted by atomic mass is 17.3. The molecule has 8 N–H and O–H groups in total. The maximum absolute atomic E-state index is 13.8. The summed E-state index contributed by atoms with van der Waals surface area (Å²) < 4.78 is 15.3. The van der Waals surface area contributed by atoms with Gasteiger partial charge in [-0.2, -0.15) is 0 Å². The molecule has 0 aromatic rings. The van der Waals surface area contributed by atoms with E-state index in [9.17, 15) is 43.2 Å². The van der Waals surface area contributed by atoms with Crippen molar-refractivity contribution in [3.63, 3.8) is 0 Å². The highest BCUT2D eigenvalue weighted by Gasteiger charge is 2.30. The van der Waals surface area contributed by atoms with Crippen molar-refractivity contribution in [1.82, 2.24) is 48.1 Å². The van der Waals surface area contributed by atoms with E-state index >= 15 is 0 Å². The van der Waals surface area contributed by atoms with Crippen LogP contribution in [0.15, 0.2) is 0 Å². The van der Waals surface area contributed by atoms with Gasteiger partial charge in [-0.1, -0.05) is 20.8 Å². The predicted octanol–water partition coefficient (Wildman–Crippen LogP) is -2.74. The summed E-state index contributed by atoms with van der Waals surface area (Å²) in [6.07, 6.45) is -3.46. The molecule has 0 heterocycles. The molecule has 0 radical (unpaired) electrons. The number of rotatable bonds is 36. The smallest absolute Gasteiger partial charge is 0.436 e. The summed E-state index contributed by atoms with van der Waals surface area (Å²) in [5.41, 5.74) is 5.74. The molecular weight excluding hydrogens is 878 g/mol. The topological polar surface area (TPSA) is 355 Å². The largest absolute Gasteiger partial charge is 0.447 e. The Morgan fingerprint density at radius 2 is 1.03 bits per heavy atom. The Morgan fingerprint density at radius 1 is 0.508 bits per heavy atom. The van der Waals surface area contributed by atoms with Crippen LogP contribution in [0, 0.1) is 5.41 Å². The highest BCUT2D eigenvalue weighted by Crippen LogP contribution is 2.17. The minimum Gasteiger partial charge on any atom is -0.447 e. The van der Waals surface area contributed by atoms with Crippen LogP contribution in [0.2, 0.25) is 0 Å². The number of methoxy groups -OCH3 is 1. The summed E-state index contributed by atoms with van der Waals surface area (Å²) in [6, 6.07) is -4.38. The molecule has 0 bridgehead atoms. The molecule has 0 spiro atoms. The van der Waals surface area contributed by atoms with E-state index in [0.29, 0.717) is 24.6 Å². The second kappa shape index (κ2) is 35.9. The molecule has 3 atom stereocenters. The van der Waals surface area contributed by atoms with Crippen molar-refractivity contribution in [2.45, 2.75) is 90.3 Å². The van der Waals surface area contributed by atoms with Crippen LogP contribution in [0.4, 0.5) is 4.79 Å². The van der Waals surface area contributed by atoms with Gasteiger partial charge in [0.2, 0.25) is 41.4 Å². The average Bonchev–Trinajstić information content (AvgIpc) is 3.25. The van der Waals surface area contributed by atoms with Crippen molar-refractivity contribution in [2.24, 2.45) is 5.41 Å². The molecule has 0 saturated heterocycles. The number of hydroxylamine groups is 5. The molecule has 0 aliphatic heterocycles. The van der Waals surface area contributed by atoms with Gasteiger partial charge in [0.1, 0.15) is 31.3 Å². The van der Waals surface area contributed by atoms with Crippen LogP contribution in [0.25, 0.3) is 0 Å². The number of carbonyl (C=O) groups is 9. The van der Waals surface area contributed by atoms with Gasteiger partial charge in [0, 0.05) is 39.5 Å². The summed E-state index contributed by atoms with van der Waals surface area (Å²) >= 11 is 0. The molecule has 374 valence electrons. The van der Waals surface area contributed by atoms with Crippen LogP contribution in [0.5, 0.6) is 0 Å². The van der Waals surface area contributed by atoms with E-state index in [4.69, 9.17) is 19.2 Å². The van der Waals surface area contributed by atoms with Crippen LogP contribution >= 0.6 is 0 Å². The van der Waals surface area contributed by atoms with E-state index in [0.717, 1.165) is 28.4 Å². The predicted molar refractivity (Wildman–Crippen MR) is 216 cm³/mol. The fraction of sp³-hybridized carbons (Fsp3) is 0.750. The monoisotopic (exact) mass is 943 g/mol. The molecule has 29 nitrogen and oxygen atoms in total. The van der Waals surface area contributed by atoms with Crippen molar-refractivity contribution in [3.05, 3.63) is 0 Å². The van der Waals surface area contributed by atoms with Crippen molar-refractivity contribution < 1.29 is 96.9 Å². The summed E-state index contributed by atoms with van der Waals surface area (Å²) in [4.78, 5) is 151.